The minimum atomic E-state index is -0.356. The molecule has 33 heavy (non-hydrogen) atoms. The highest BCUT2D eigenvalue weighted by Gasteiger charge is 2.37. The van der Waals surface area contributed by atoms with Gasteiger partial charge in [0.05, 0.1) is 24.4 Å². The quantitative estimate of drug-likeness (QED) is 0.114. The summed E-state index contributed by atoms with van der Waals surface area (Å²) in [7, 11) is 0. The number of hydrogen-bond donors (Lipinski definition) is 0. The summed E-state index contributed by atoms with van der Waals surface area (Å²) in [6, 6.07) is 14.9. The maximum Gasteiger partial charge on any atom is 0.343 e. The van der Waals surface area contributed by atoms with E-state index in [-0.39, 0.29) is 5.97 Å². The van der Waals surface area contributed by atoms with Gasteiger partial charge in [-0.2, -0.15) is 0 Å². The number of ether oxygens (including phenoxy) is 3. The van der Waals surface area contributed by atoms with Gasteiger partial charge in [-0.15, -0.1) is 0 Å². The molecule has 4 nitrogen and oxygen atoms in total. The van der Waals surface area contributed by atoms with Crippen LogP contribution in [0.5, 0.6) is 11.5 Å². The molecule has 0 N–H and O–H groups in total. The van der Waals surface area contributed by atoms with E-state index in [1.807, 2.05) is 36.4 Å². The fourth-order valence-electron chi connectivity index (χ4n) is 4.10. The van der Waals surface area contributed by atoms with Crippen LogP contribution in [0.1, 0.15) is 94.0 Å². The lowest BCUT2D eigenvalue weighted by molar-refractivity contribution is 0.0734. The topological polar surface area (TPSA) is 48.1 Å². The van der Waals surface area contributed by atoms with Gasteiger partial charge in [0.15, 0.2) is 0 Å². The molecule has 1 heterocycles. The third-order valence-electron chi connectivity index (χ3n) is 6.19. The van der Waals surface area contributed by atoms with Gasteiger partial charge < -0.3 is 14.2 Å². The molecule has 0 spiro atoms. The molecule has 0 unspecified atom stereocenters. The lowest BCUT2D eigenvalue weighted by atomic mass is 10.1. The Kier molecular flexibility index (Phi) is 10.8. The van der Waals surface area contributed by atoms with Crippen LogP contribution in [0.15, 0.2) is 48.5 Å². The van der Waals surface area contributed by atoms with Gasteiger partial charge >= 0.3 is 5.97 Å². The molecule has 1 aliphatic rings. The van der Waals surface area contributed by atoms with Crippen molar-refractivity contribution in [2.45, 2.75) is 96.7 Å². The maximum absolute atomic E-state index is 12.5. The lowest BCUT2D eigenvalue weighted by Gasteiger charge is -2.08. The second-order valence-electron chi connectivity index (χ2n) is 9.09. The van der Waals surface area contributed by atoms with E-state index in [0.29, 0.717) is 23.5 Å². The van der Waals surface area contributed by atoms with Crippen LogP contribution in [0.25, 0.3) is 0 Å². The number of unbranched alkanes of at least 4 members (excludes halogenated alkanes) is 7. The van der Waals surface area contributed by atoms with Gasteiger partial charge in [-0.25, -0.2) is 4.79 Å². The monoisotopic (exact) mass is 452 g/mol. The van der Waals surface area contributed by atoms with Crippen LogP contribution < -0.4 is 9.47 Å². The van der Waals surface area contributed by atoms with Gasteiger partial charge in [0.2, 0.25) is 0 Å². The fourth-order valence-corrected chi connectivity index (χ4v) is 4.10. The van der Waals surface area contributed by atoms with Crippen molar-refractivity contribution in [3.8, 4) is 11.5 Å². The van der Waals surface area contributed by atoms with Gasteiger partial charge in [-0.1, -0.05) is 77.3 Å². The first-order valence-electron chi connectivity index (χ1n) is 12.9. The molecular weight excluding hydrogens is 412 g/mol. The maximum atomic E-state index is 12.5. The molecule has 0 aliphatic carbocycles. The van der Waals surface area contributed by atoms with Crippen LogP contribution >= 0.6 is 0 Å². The number of epoxide rings is 1. The molecule has 3 rings (SSSR count). The van der Waals surface area contributed by atoms with E-state index in [9.17, 15) is 4.79 Å². The Morgan fingerprint density at radius 2 is 1.39 bits per heavy atom. The van der Waals surface area contributed by atoms with Crippen molar-refractivity contribution >= 4 is 5.97 Å². The van der Waals surface area contributed by atoms with E-state index in [0.717, 1.165) is 38.0 Å². The van der Waals surface area contributed by atoms with E-state index < -0.39 is 0 Å². The van der Waals surface area contributed by atoms with Crippen LogP contribution in [0.2, 0.25) is 0 Å². The summed E-state index contributed by atoms with van der Waals surface area (Å²) in [5.41, 5.74) is 1.73. The first-order chi connectivity index (χ1) is 16.2. The summed E-state index contributed by atoms with van der Waals surface area (Å²) in [4.78, 5) is 12.5. The minimum absolute atomic E-state index is 0.342. The van der Waals surface area contributed by atoms with Gasteiger partial charge in [-0.3, -0.25) is 0 Å². The molecule has 2 aromatic rings. The number of benzene rings is 2. The predicted molar refractivity (Wildman–Crippen MR) is 133 cm³/mol. The summed E-state index contributed by atoms with van der Waals surface area (Å²) in [5, 5.41) is 0. The second kappa shape index (κ2) is 14.0. The second-order valence-corrected chi connectivity index (χ2v) is 9.09. The summed E-state index contributed by atoms with van der Waals surface area (Å²) >= 11 is 0. The molecule has 1 saturated heterocycles. The number of carbonyl (C=O) groups is 1. The Hall–Kier alpha value is -2.33. The normalized spacial score (nSPS) is 17.0. The molecular formula is C29H40O4. The molecule has 4 heteroatoms. The van der Waals surface area contributed by atoms with Gasteiger partial charge in [0.1, 0.15) is 11.5 Å². The molecule has 180 valence electrons. The van der Waals surface area contributed by atoms with Crippen molar-refractivity contribution in [1.82, 2.24) is 0 Å². The molecule has 0 bridgehead atoms. The fraction of sp³-hybridized carbons (Fsp3) is 0.552. The molecule has 2 atom stereocenters. The standard InChI is InChI=1S/C29H40O4/c1-3-5-6-7-8-9-10-11-21-31-25-19-15-24(16-20-25)29(30)32-26-17-13-23(14-18-26)22-28-27(33-28)12-4-2/h13-20,27-28H,3-12,21-22H2,1-2H3/t27-,28-/m0/s1. The van der Waals surface area contributed by atoms with Crippen molar-refractivity contribution in [2.24, 2.45) is 0 Å². The average molecular weight is 453 g/mol. The molecule has 0 radical (unpaired) electrons. The Labute approximate surface area is 199 Å². The Bertz CT molecular complexity index is 813. The zero-order valence-electron chi connectivity index (χ0n) is 20.4. The Morgan fingerprint density at radius 1 is 0.758 bits per heavy atom. The summed E-state index contributed by atoms with van der Waals surface area (Å²) in [5.74, 6) is 0.994. The number of esters is 1. The third kappa shape index (κ3) is 9.21. The molecule has 0 aromatic heterocycles. The van der Waals surface area contributed by atoms with Crippen molar-refractivity contribution in [1.29, 1.82) is 0 Å². The van der Waals surface area contributed by atoms with E-state index in [4.69, 9.17) is 14.2 Å². The summed E-state index contributed by atoms with van der Waals surface area (Å²) in [6.07, 6.45) is 14.2. The smallest absolute Gasteiger partial charge is 0.343 e. The lowest BCUT2D eigenvalue weighted by Crippen LogP contribution is -2.08. The van der Waals surface area contributed by atoms with Gasteiger partial charge in [-0.05, 0) is 54.8 Å². The highest BCUT2D eigenvalue weighted by Crippen LogP contribution is 2.30. The Morgan fingerprint density at radius 3 is 2.06 bits per heavy atom. The zero-order chi connectivity index (χ0) is 23.3. The van der Waals surface area contributed by atoms with Crippen molar-refractivity contribution < 1.29 is 19.0 Å². The first-order valence-corrected chi connectivity index (χ1v) is 12.9. The summed E-state index contributed by atoms with van der Waals surface area (Å²) in [6.45, 7) is 5.15. The first kappa shape index (κ1) is 25.3. The van der Waals surface area contributed by atoms with E-state index in [1.165, 1.54) is 50.5 Å². The van der Waals surface area contributed by atoms with E-state index >= 15 is 0 Å². The van der Waals surface area contributed by atoms with Crippen LogP contribution in [-0.2, 0) is 11.2 Å². The van der Waals surface area contributed by atoms with Gasteiger partial charge in [0.25, 0.3) is 0 Å². The van der Waals surface area contributed by atoms with Crippen LogP contribution in [0.4, 0.5) is 0 Å². The average Bonchev–Trinajstić information content (AvgIpc) is 3.57. The molecule has 0 saturated carbocycles. The zero-order valence-corrected chi connectivity index (χ0v) is 20.4. The van der Waals surface area contributed by atoms with Crippen molar-refractivity contribution in [3.05, 3.63) is 59.7 Å². The molecule has 1 fully saturated rings. The Balaban J connectivity index is 1.32. The SMILES string of the molecule is CCCCCCCCCCOc1ccc(C(=O)Oc2ccc(C[C@@H]3O[C@H]3CCC)cc2)cc1. The molecule has 0 amide bonds. The van der Waals surface area contributed by atoms with E-state index in [2.05, 4.69) is 13.8 Å². The highest BCUT2D eigenvalue weighted by molar-refractivity contribution is 5.91. The number of carbonyl (C=O) groups excluding carboxylic acids is 1. The van der Waals surface area contributed by atoms with Crippen LogP contribution in [0.3, 0.4) is 0 Å². The van der Waals surface area contributed by atoms with E-state index in [1.54, 1.807) is 12.1 Å². The minimum Gasteiger partial charge on any atom is -0.494 e. The van der Waals surface area contributed by atoms with Crippen molar-refractivity contribution in [2.75, 3.05) is 6.61 Å². The predicted octanol–water partition coefficient (Wildman–Crippen LogP) is 7.54. The molecule has 2 aromatic carbocycles. The third-order valence-corrected chi connectivity index (χ3v) is 6.19. The highest BCUT2D eigenvalue weighted by atomic mass is 16.6. The van der Waals surface area contributed by atoms with Crippen molar-refractivity contribution in [3.63, 3.8) is 0 Å². The number of rotatable bonds is 16. The molecule has 1 aliphatic heterocycles. The van der Waals surface area contributed by atoms with Crippen LogP contribution in [-0.4, -0.2) is 24.8 Å². The summed E-state index contributed by atoms with van der Waals surface area (Å²) < 4.78 is 17.0. The number of hydrogen-bond acceptors (Lipinski definition) is 4. The van der Waals surface area contributed by atoms with Gasteiger partial charge in [0, 0.05) is 6.42 Å². The largest absolute Gasteiger partial charge is 0.494 e. The van der Waals surface area contributed by atoms with Crippen LogP contribution in [0, 0.1) is 0 Å².